The molecule has 0 bridgehead atoms. The smallest absolute Gasteiger partial charge is 0.269 e. The molecule has 2 rings (SSSR count). The van der Waals surface area contributed by atoms with E-state index >= 15 is 0 Å². The van der Waals surface area contributed by atoms with Gasteiger partial charge in [0.2, 0.25) is 0 Å². The molecule has 0 spiro atoms. The first-order chi connectivity index (χ1) is 11.1. The van der Waals surface area contributed by atoms with Crippen LogP contribution in [0.25, 0.3) is 5.57 Å². The fraction of sp³-hybridized carbons (Fsp3) is 0.118. The Labute approximate surface area is 133 Å². The van der Waals surface area contributed by atoms with Crippen LogP contribution < -0.4 is 9.47 Å². The monoisotopic (exact) mass is 310 g/mol. The number of nitro groups is 1. The third-order valence-corrected chi connectivity index (χ3v) is 3.29. The summed E-state index contributed by atoms with van der Waals surface area (Å²) in [7, 11) is 3.07. The van der Waals surface area contributed by atoms with Crippen LogP contribution in [0.4, 0.5) is 5.69 Å². The molecule has 0 aliphatic heterocycles. The molecule has 0 unspecified atom stereocenters. The van der Waals surface area contributed by atoms with Gasteiger partial charge in [-0.25, -0.2) is 0 Å². The maximum absolute atomic E-state index is 10.7. The highest BCUT2D eigenvalue weighted by atomic mass is 16.6. The molecule has 2 aromatic carbocycles. The van der Waals surface area contributed by atoms with Crippen LogP contribution in [0.5, 0.6) is 11.5 Å². The number of hydrogen-bond donors (Lipinski definition) is 0. The molecule has 0 radical (unpaired) electrons. The number of nitro benzene ring substituents is 1. The molecule has 6 nitrogen and oxygen atoms in total. The minimum atomic E-state index is -0.464. The molecule has 0 heterocycles. The molecule has 2 aromatic rings. The number of rotatable bonds is 5. The molecule has 0 aliphatic rings. The number of allylic oxidation sites excluding steroid dienone is 1. The van der Waals surface area contributed by atoms with Gasteiger partial charge in [0, 0.05) is 18.2 Å². The van der Waals surface area contributed by atoms with E-state index in [0.29, 0.717) is 22.6 Å². The summed E-state index contributed by atoms with van der Waals surface area (Å²) in [4.78, 5) is 10.3. The number of ether oxygens (including phenoxy) is 2. The van der Waals surface area contributed by atoms with Crippen LogP contribution in [0.3, 0.4) is 0 Å². The first kappa shape index (κ1) is 16.0. The lowest BCUT2D eigenvalue weighted by atomic mass is 9.97. The molecule has 0 fully saturated rings. The Kier molecular flexibility index (Phi) is 4.95. The van der Waals surface area contributed by atoms with Crippen LogP contribution in [0.15, 0.2) is 48.5 Å². The highest BCUT2D eigenvalue weighted by molar-refractivity contribution is 5.82. The fourth-order valence-electron chi connectivity index (χ4n) is 2.16. The van der Waals surface area contributed by atoms with Crippen molar-refractivity contribution in [3.63, 3.8) is 0 Å². The number of nitriles is 1. The zero-order valence-electron chi connectivity index (χ0n) is 12.6. The van der Waals surface area contributed by atoms with E-state index in [1.54, 1.807) is 37.4 Å². The van der Waals surface area contributed by atoms with Gasteiger partial charge in [0.1, 0.15) is 0 Å². The molecule has 0 amide bonds. The molecule has 0 aromatic heterocycles. The number of non-ortho nitro benzene ring substituents is 1. The van der Waals surface area contributed by atoms with Gasteiger partial charge in [0.15, 0.2) is 11.5 Å². The van der Waals surface area contributed by atoms with Gasteiger partial charge < -0.3 is 9.47 Å². The van der Waals surface area contributed by atoms with E-state index in [1.165, 1.54) is 25.3 Å². The molecular weight excluding hydrogens is 296 g/mol. The normalized spacial score (nSPS) is 10.7. The number of hydrogen-bond acceptors (Lipinski definition) is 5. The van der Waals surface area contributed by atoms with Crippen LogP contribution >= 0.6 is 0 Å². The van der Waals surface area contributed by atoms with Crippen molar-refractivity contribution in [2.45, 2.75) is 0 Å². The minimum absolute atomic E-state index is 0.00244. The van der Waals surface area contributed by atoms with E-state index < -0.39 is 4.92 Å². The second kappa shape index (κ2) is 7.09. The molecule has 23 heavy (non-hydrogen) atoms. The summed E-state index contributed by atoms with van der Waals surface area (Å²) in [6.07, 6.45) is 1.39. The molecule has 116 valence electrons. The van der Waals surface area contributed by atoms with Crippen LogP contribution in [0.1, 0.15) is 11.1 Å². The average molecular weight is 310 g/mol. The Morgan fingerprint density at radius 1 is 1.09 bits per heavy atom. The molecule has 0 aliphatic carbocycles. The standard InChI is InChI=1S/C17H14N2O4/c1-22-16-8-5-13(11-17(16)23-2)15(9-10-18)12-3-6-14(7-4-12)19(20)21/h3-9,11H,1-2H3. The number of benzene rings is 2. The summed E-state index contributed by atoms with van der Waals surface area (Å²) in [5, 5.41) is 19.8. The highest BCUT2D eigenvalue weighted by Gasteiger charge is 2.12. The first-order valence-electron chi connectivity index (χ1n) is 6.67. The summed E-state index contributed by atoms with van der Waals surface area (Å²) >= 11 is 0. The van der Waals surface area contributed by atoms with E-state index in [2.05, 4.69) is 0 Å². The third-order valence-electron chi connectivity index (χ3n) is 3.29. The fourth-order valence-corrected chi connectivity index (χ4v) is 2.16. The lowest BCUT2D eigenvalue weighted by molar-refractivity contribution is -0.384. The first-order valence-corrected chi connectivity index (χ1v) is 6.67. The largest absolute Gasteiger partial charge is 0.493 e. The lowest BCUT2D eigenvalue weighted by Gasteiger charge is -2.12. The molecule has 6 heteroatoms. The quantitative estimate of drug-likeness (QED) is 0.479. The summed E-state index contributed by atoms with van der Waals surface area (Å²) < 4.78 is 10.5. The van der Waals surface area contributed by atoms with Gasteiger partial charge in [-0.15, -0.1) is 0 Å². The van der Waals surface area contributed by atoms with Crippen molar-refractivity contribution in [1.82, 2.24) is 0 Å². The summed E-state index contributed by atoms with van der Waals surface area (Å²) in [5.41, 5.74) is 2.09. The number of methoxy groups -OCH3 is 2. The van der Waals surface area contributed by atoms with E-state index in [1.807, 2.05) is 6.07 Å². The van der Waals surface area contributed by atoms with Gasteiger partial charge in [-0.3, -0.25) is 10.1 Å². The Balaban J connectivity index is 2.49. The highest BCUT2D eigenvalue weighted by Crippen LogP contribution is 2.33. The van der Waals surface area contributed by atoms with E-state index in [9.17, 15) is 10.1 Å². The topological polar surface area (TPSA) is 85.4 Å². The second-order valence-electron chi connectivity index (χ2n) is 4.56. The summed E-state index contributed by atoms with van der Waals surface area (Å²) in [6, 6.07) is 13.3. The predicted octanol–water partition coefficient (Wildman–Crippen LogP) is 3.57. The lowest BCUT2D eigenvalue weighted by Crippen LogP contribution is -1.94. The third kappa shape index (κ3) is 3.47. The molecule has 0 atom stereocenters. The molecule has 0 saturated carbocycles. The Bertz CT molecular complexity index is 789. The maximum Gasteiger partial charge on any atom is 0.269 e. The van der Waals surface area contributed by atoms with Crippen molar-refractivity contribution in [2.24, 2.45) is 0 Å². The minimum Gasteiger partial charge on any atom is -0.493 e. The summed E-state index contributed by atoms with van der Waals surface area (Å²) in [6.45, 7) is 0. The maximum atomic E-state index is 10.7. The van der Waals surface area contributed by atoms with Crippen LogP contribution in [-0.2, 0) is 0 Å². The Morgan fingerprint density at radius 2 is 1.70 bits per heavy atom. The van der Waals surface area contributed by atoms with Crippen LogP contribution in [-0.4, -0.2) is 19.1 Å². The van der Waals surface area contributed by atoms with Gasteiger partial charge >= 0.3 is 0 Å². The van der Waals surface area contributed by atoms with E-state index in [0.717, 1.165) is 5.56 Å². The van der Waals surface area contributed by atoms with Crippen molar-refractivity contribution in [1.29, 1.82) is 5.26 Å². The van der Waals surface area contributed by atoms with E-state index in [4.69, 9.17) is 14.7 Å². The van der Waals surface area contributed by atoms with Crippen LogP contribution in [0, 0.1) is 21.4 Å². The number of nitrogens with zero attached hydrogens (tertiary/aromatic N) is 2. The van der Waals surface area contributed by atoms with Gasteiger partial charge in [-0.05, 0) is 41.0 Å². The summed E-state index contributed by atoms with van der Waals surface area (Å²) in [5.74, 6) is 1.12. The Hall–Kier alpha value is -3.33. The van der Waals surface area contributed by atoms with Crippen molar-refractivity contribution in [3.8, 4) is 17.6 Å². The van der Waals surface area contributed by atoms with Gasteiger partial charge in [0.05, 0.1) is 25.2 Å². The van der Waals surface area contributed by atoms with Crippen molar-refractivity contribution in [2.75, 3.05) is 14.2 Å². The average Bonchev–Trinajstić information content (AvgIpc) is 2.59. The molecular formula is C17H14N2O4. The molecule has 0 N–H and O–H groups in total. The van der Waals surface area contributed by atoms with Crippen molar-refractivity contribution in [3.05, 3.63) is 69.8 Å². The van der Waals surface area contributed by atoms with Gasteiger partial charge in [-0.1, -0.05) is 6.07 Å². The second-order valence-corrected chi connectivity index (χ2v) is 4.56. The Morgan fingerprint density at radius 3 is 2.22 bits per heavy atom. The van der Waals surface area contributed by atoms with E-state index in [-0.39, 0.29) is 5.69 Å². The van der Waals surface area contributed by atoms with Gasteiger partial charge in [-0.2, -0.15) is 5.26 Å². The SMILES string of the molecule is COc1ccc(C(=CC#N)c2ccc([N+](=O)[O-])cc2)cc1OC. The zero-order valence-corrected chi connectivity index (χ0v) is 12.6. The van der Waals surface area contributed by atoms with Crippen LogP contribution in [0.2, 0.25) is 0 Å². The molecule has 0 saturated heterocycles. The zero-order chi connectivity index (χ0) is 16.8. The van der Waals surface area contributed by atoms with Crippen molar-refractivity contribution < 1.29 is 14.4 Å². The van der Waals surface area contributed by atoms with Gasteiger partial charge in [0.25, 0.3) is 5.69 Å². The predicted molar refractivity (Wildman–Crippen MR) is 85.3 cm³/mol. The van der Waals surface area contributed by atoms with Crippen molar-refractivity contribution >= 4 is 11.3 Å².